The number of aliphatic hydroxyl groups excluding tert-OH is 1. The maximum atomic E-state index is 8.82. The Labute approximate surface area is 71.3 Å². The van der Waals surface area contributed by atoms with Crippen molar-refractivity contribution < 1.29 is 10.2 Å². The Morgan fingerprint density at radius 2 is 2.00 bits per heavy atom. The molecule has 2 N–H and O–H groups in total. The van der Waals surface area contributed by atoms with Crippen molar-refractivity contribution in [3.8, 4) is 6.07 Å². The van der Waals surface area contributed by atoms with Gasteiger partial charge < -0.3 is 10.2 Å². The van der Waals surface area contributed by atoms with Crippen molar-refractivity contribution >= 4 is 0 Å². The van der Waals surface area contributed by atoms with Gasteiger partial charge in [-0.15, -0.1) is 0 Å². The number of hydrogen-bond acceptors (Lipinski definition) is 3. The smallest absolute Gasteiger partial charge is 0.153 e. The molecule has 0 radical (unpaired) electrons. The Hall–Kier alpha value is -1.11. The standard InChI is InChI=1S/C9H11NO2/c10-7-9(6-8(11)12)4-2-1-3-5-9/h2-5,8,11-12H,1,6H2. The zero-order valence-electron chi connectivity index (χ0n) is 6.64. The molecule has 0 unspecified atom stereocenters. The maximum Gasteiger partial charge on any atom is 0.153 e. The van der Waals surface area contributed by atoms with Crippen molar-refractivity contribution in [3.63, 3.8) is 0 Å². The highest BCUT2D eigenvalue weighted by Gasteiger charge is 2.27. The Bertz CT molecular complexity index is 236. The number of aliphatic hydroxyl groups is 2. The molecule has 0 saturated heterocycles. The summed E-state index contributed by atoms with van der Waals surface area (Å²) in [4.78, 5) is 0. The third kappa shape index (κ3) is 1.94. The lowest BCUT2D eigenvalue weighted by atomic mass is 9.82. The number of hydrogen-bond donors (Lipinski definition) is 2. The van der Waals surface area contributed by atoms with E-state index < -0.39 is 11.7 Å². The first-order valence-corrected chi connectivity index (χ1v) is 3.81. The molecule has 0 aromatic heterocycles. The molecule has 3 heteroatoms. The molecule has 0 bridgehead atoms. The summed E-state index contributed by atoms with van der Waals surface area (Å²) in [6.07, 6.45) is 6.55. The summed E-state index contributed by atoms with van der Waals surface area (Å²) in [5.41, 5.74) is -0.813. The van der Waals surface area contributed by atoms with E-state index in [1.165, 1.54) is 0 Å². The minimum atomic E-state index is -1.43. The average Bonchev–Trinajstić information content (AvgIpc) is 2.05. The lowest BCUT2D eigenvalue weighted by Gasteiger charge is -2.21. The normalized spacial score (nSPS) is 19.5. The number of nitriles is 1. The van der Waals surface area contributed by atoms with E-state index in [-0.39, 0.29) is 6.42 Å². The van der Waals surface area contributed by atoms with Crippen molar-refractivity contribution in [2.24, 2.45) is 5.41 Å². The second-order valence-corrected chi connectivity index (χ2v) is 2.88. The number of nitrogens with zero attached hydrogens (tertiary/aromatic N) is 1. The van der Waals surface area contributed by atoms with Crippen LogP contribution in [0.5, 0.6) is 0 Å². The minimum Gasteiger partial charge on any atom is -0.368 e. The average molecular weight is 165 g/mol. The van der Waals surface area contributed by atoms with Gasteiger partial charge in [0.1, 0.15) is 0 Å². The van der Waals surface area contributed by atoms with Gasteiger partial charge in [-0.05, 0) is 6.42 Å². The molecule has 0 spiro atoms. The van der Waals surface area contributed by atoms with E-state index in [1.54, 1.807) is 12.2 Å². The fourth-order valence-electron chi connectivity index (χ4n) is 1.25. The van der Waals surface area contributed by atoms with Crippen molar-refractivity contribution in [3.05, 3.63) is 24.3 Å². The summed E-state index contributed by atoms with van der Waals surface area (Å²) in [6.45, 7) is 0. The zero-order chi connectivity index (χ0) is 9.03. The van der Waals surface area contributed by atoms with Gasteiger partial charge in [0.2, 0.25) is 0 Å². The summed E-state index contributed by atoms with van der Waals surface area (Å²) >= 11 is 0. The molecule has 1 rings (SSSR count). The summed E-state index contributed by atoms with van der Waals surface area (Å²) in [7, 11) is 0. The molecular weight excluding hydrogens is 154 g/mol. The van der Waals surface area contributed by atoms with Crippen LogP contribution in [0.1, 0.15) is 12.8 Å². The molecule has 0 saturated carbocycles. The number of allylic oxidation sites excluding steroid dienone is 4. The molecule has 3 nitrogen and oxygen atoms in total. The molecular formula is C9H11NO2. The Kier molecular flexibility index (Phi) is 2.64. The second kappa shape index (κ2) is 3.53. The van der Waals surface area contributed by atoms with Gasteiger partial charge in [0, 0.05) is 6.42 Å². The van der Waals surface area contributed by atoms with E-state index >= 15 is 0 Å². The van der Waals surface area contributed by atoms with Gasteiger partial charge >= 0.3 is 0 Å². The van der Waals surface area contributed by atoms with E-state index in [2.05, 4.69) is 6.07 Å². The van der Waals surface area contributed by atoms with Crippen LogP contribution in [0.3, 0.4) is 0 Å². The SMILES string of the molecule is N#CC1(CC(O)O)C=CCC=C1. The highest BCUT2D eigenvalue weighted by Crippen LogP contribution is 2.29. The highest BCUT2D eigenvalue weighted by molar-refractivity contribution is 5.26. The van der Waals surface area contributed by atoms with E-state index in [1.807, 2.05) is 12.2 Å². The Morgan fingerprint density at radius 1 is 1.42 bits per heavy atom. The van der Waals surface area contributed by atoms with E-state index in [0.717, 1.165) is 6.42 Å². The molecule has 0 aromatic carbocycles. The molecule has 0 aliphatic heterocycles. The zero-order valence-corrected chi connectivity index (χ0v) is 6.64. The summed E-state index contributed by atoms with van der Waals surface area (Å²) < 4.78 is 0. The third-order valence-corrected chi connectivity index (χ3v) is 1.83. The van der Waals surface area contributed by atoms with Crippen LogP contribution in [0.15, 0.2) is 24.3 Å². The van der Waals surface area contributed by atoms with Gasteiger partial charge in [0.15, 0.2) is 6.29 Å². The molecule has 0 aromatic rings. The van der Waals surface area contributed by atoms with Crippen LogP contribution in [-0.2, 0) is 0 Å². The molecule has 1 aliphatic carbocycles. The molecule has 0 amide bonds. The van der Waals surface area contributed by atoms with E-state index in [0.29, 0.717) is 0 Å². The van der Waals surface area contributed by atoms with Crippen molar-refractivity contribution in [2.75, 3.05) is 0 Å². The van der Waals surface area contributed by atoms with Crippen LogP contribution in [0.25, 0.3) is 0 Å². The Morgan fingerprint density at radius 3 is 2.42 bits per heavy atom. The first-order valence-electron chi connectivity index (χ1n) is 3.81. The van der Waals surface area contributed by atoms with Gasteiger partial charge in [-0.3, -0.25) is 0 Å². The van der Waals surface area contributed by atoms with Crippen molar-refractivity contribution in [1.82, 2.24) is 0 Å². The second-order valence-electron chi connectivity index (χ2n) is 2.88. The fourth-order valence-corrected chi connectivity index (χ4v) is 1.25. The minimum absolute atomic E-state index is 0.0382. The van der Waals surface area contributed by atoms with Crippen LogP contribution in [0, 0.1) is 16.7 Å². The fraction of sp³-hybridized carbons (Fsp3) is 0.444. The van der Waals surface area contributed by atoms with Crippen LogP contribution >= 0.6 is 0 Å². The molecule has 1 aliphatic rings. The topological polar surface area (TPSA) is 64.2 Å². The number of rotatable bonds is 2. The van der Waals surface area contributed by atoms with Crippen LogP contribution in [0.2, 0.25) is 0 Å². The molecule has 0 heterocycles. The van der Waals surface area contributed by atoms with Gasteiger partial charge in [-0.25, -0.2) is 0 Å². The molecule has 0 fully saturated rings. The monoisotopic (exact) mass is 165 g/mol. The van der Waals surface area contributed by atoms with Crippen LogP contribution in [0.4, 0.5) is 0 Å². The molecule has 0 atom stereocenters. The maximum absolute atomic E-state index is 8.82. The molecule has 64 valence electrons. The largest absolute Gasteiger partial charge is 0.368 e. The first kappa shape index (κ1) is 8.98. The van der Waals surface area contributed by atoms with Gasteiger partial charge in [-0.2, -0.15) is 5.26 Å². The van der Waals surface area contributed by atoms with E-state index in [9.17, 15) is 0 Å². The van der Waals surface area contributed by atoms with Gasteiger partial charge in [0.05, 0.1) is 11.5 Å². The van der Waals surface area contributed by atoms with E-state index in [4.69, 9.17) is 15.5 Å². The first-order chi connectivity index (χ1) is 5.68. The van der Waals surface area contributed by atoms with Crippen LogP contribution < -0.4 is 0 Å². The van der Waals surface area contributed by atoms with Crippen LogP contribution in [-0.4, -0.2) is 16.5 Å². The third-order valence-electron chi connectivity index (χ3n) is 1.83. The van der Waals surface area contributed by atoms with Gasteiger partial charge in [0.25, 0.3) is 0 Å². The molecule has 12 heavy (non-hydrogen) atoms. The predicted octanol–water partition coefficient (Wildman–Crippen LogP) is 0.713. The highest BCUT2D eigenvalue weighted by atomic mass is 16.5. The summed E-state index contributed by atoms with van der Waals surface area (Å²) in [5, 5.41) is 26.3. The summed E-state index contributed by atoms with van der Waals surface area (Å²) in [6, 6.07) is 2.06. The van der Waals surface area contributed by atoms with Crippen molar-refractivity contribution in [2.45, 2.75) is 19.1 Å². The lowest BCUT2D eigenvalue weighted by molar-refractivity contribution is -0.0547. The van der Waals surface area contributed by atoms with Gasteiger partial charge in [-0.1, -0.05) is 24.3 Å². The quantitative estimate of drug-likeness (QED) is 0.468. The summed E-state index contributed by atoms with van der Waals surface area (Å²) in [5.74, 6) is 0. The van der Waals surface area contributed by atoms with Crippen molar-refractivity contribution in [1.29, 1.82) is 5.26 Å². The lowest BCUT2D eigenvalue weighted by Crippen LogP contribution is -2.21. The predicted molar refractivity (Wildman–Crippen MR) is 43.8 cm³/mol. The Balaban J connectivity index is 2.76.